The average Bonchev–Trinajstić information content (AvgIpc) is 2.81. The Morgan fingerprint density at radius 2 is 1.95 bits per heavy atom. The van der Waals surface area contributed by atoms with E-state index in [0.717, 1.165) is 26.0 Å². The molecule has 96 valence electrons. The van der Waals surface area contributed by atoms with Crippen molar-refractivity contribution in [3.05, 3.63) is 40.9 Å². The molecular weight excluding hydrogens is 258 g/mol. The van der Waals surface area contributed by atoms with Gasteiger partial charge in [0.15, 0.2) is 0 Å². The summed E-state index contributed by atoms with van der Waals surface area (Å²) in [4.78, 5) is 16.0. The Labute approximate surface area is 114 Å². The first-order valence-corrected chi connectivity index (χ1v) is 6.95. The van der Waals surface area contributed by atoms with Crippen LogP contribution < -0.4 is 0 Å². The van der Waals surface area contributed by atoms with Crippen molar-refractivity contribution in [3.8, 4) is 0 Å². The first-order valence-electron chi connectivity index (χ1n) is 6.13. The van der Waals surface area contributed by atoms with Crippen LogP contribution in [0.3, 0.4) is 0 Å². The lowest BCUT2D eigenvalue weighted by atomic mass is 10.0. The Morgan fingerprint density at radius 3 is 2.58 bits per heavy atom. The fourth-order valence-corrected chi connectivity index (χ4v) is 3.22. The summed E-state index contributed by atoms with van der Waals surface area (Å²) in [5.41, 5.74) is 1.26. The molecular formula is C15H13NO2S. The minimum atomic E-state index is -0.891. The van der Waals surface area contributed by atoms with Crippen LogP contribution in [0.4, 0.5) is 0 Å². The van der Waals surface area contributed by atoms with Gasteiger partial charge in [0.2, 0.25) is 0 Å². The summed E-state index contributed by atoms with van der Waals surface area (Å²) in [6, 6.07) is 9.29. The second-order valence-electron chi connectivity index (χ2n) is 4.83. The summed E-state index contributed by atoms with van der Waals surface area (Å²) < 4.78 is 0.944. The molecule has 0 amide bonds. The molecule has 0 aliphatic carbocycles. The van der Waals surface area contributed by atoms with E-state index in [0.29, 0.717) is 11.5 Å². The number of aromatic carboxylic acids is 1. The Morgan fingerprint density at radius 1 is 1.26 bits per heavy atom. The fourth-order valence-electron chi connectivity index (χ4n) is 2.20. The highest BCUT2D eigenvalue weighted by Crippen LogP contribution is 2.34. The number of rotatable bonds is 2. The van der Waals surface area contributed by atoms with Crippen molar-refractivity contribution in [1.82, 2.24) is 4.98 Å². The molecule has 0 radical (unpaired) electrons. The number of hydrogen-bond donors (Lipinski definition) is 1. The van der Waals surface area contributed by atoms with Crippen LogP contribution >= 0.6 is 11.3 Å². The second-order valence-corrected chi connectivity index (χ2v) is 5.89. The predicted octanol–water partition coefficient (Wildman–Crippen LogP) is 4.27. The van der Waals surface area contributed by atoms with Gasteiger partial charge in [0.25, 0.3) is 0 Å². The first kappa shape index (κ1) is 12.1. The minimum Gasteiger partial charge on any atom is -0.478 e. The van der Waals surface area contributed by atoms with Gasteiger partial charge < -0.3 is 5.11 Å². The van der Waals surface area contributed by atoms with Gasteiger partial charge in [-0.25, -0.2) is 9.78 Å². The lowest BCUT2D eigenvalue weighted by Gasteiger charge is -2.02. The van der Waals surface area contributed by atoms with Crippen molar-refractivity contribution in [1.29, 1.82) is 0 Å². The molecule has 19 heavy (non-hydrogen) atoms. The van der Waals surface area contributed by atoms with Crippen LogP contribution in [0.5, 0.6) is 0 Å². The standard InChI is InChI=1S/C15H13NO2S/c1-8(2)14-16-13-10-6-4-3-5-9(10)11(15(17)18)7-12(13)19-14/h3-8H,1-2H3,(H,17,18). The Balaban J connectivity index is 2.47. The molecule has 0 fully saturated rings. The van der Waals surface area contributed by atoms with Gasteiger partial charge in [0.05, 0.1) is 20.8 Å². The maximum atomic E-state index is 11.4. The lowest BCUT2D eigenvalue weighted by Crippen LogP contribution is -1.97. The maximum absolute atomic E-state index is 11.4. The highest BCUT2D eigenvalue weighted by Gasteiger charge is 2.15. The molecule has 1 N–H and O–H groups in total. The lowest BCUT2D eigenvalue weighted by molar-refractivity contribution is 0.0699. The molecule has 0 atom stereocenters. The third-order valence-corrected chi connectivity index (χ3v) is 4.44. The summed E-state index contributed by atoms with van der Waals surface area (Å²) in [7, 11) is 0. The quantitative estimate of drug-likeness (QED) is 0.757. The number of benzene rings is 2. The van der Waals surface area contributed by atoms with E-state index in [1.807, 2.05) is 24.3 Å². The SMILES string of the molecule is CC(C)c1nc2c(cc(C(=O)O)c3ccccc32)s1. The average molecular weight is 271 g/mol. The van der Waals surface area contributed by atoms with Gasteiger partial charge in [-0.3, -0.25) is 0 Å². The molecule has 0 bridgehead atoms. The molecule has 2 aromatic carbocycles. The summed E-state index contributed by atoms with van der Waals surface area (Å²) in [5, 5.41) is 12.1. The summed E-state index contributed by atoms with van der Waals surface area (Å²) in [5.74, 6) is -0.540. The molecule has 0 saturated heterocycles. The molecule has 0 spiro atoms. The fraction of sp³-hybridized carbons (Fsp3) is 0.200. The zero-order valence-electron chi connectivity index (χ0n) is 10.7. The van der Waals surface area contributed by atoms with Crippen molar-refractivity contribution in [2.24, 2.45) is 0 Å². The number of carbonyl (C=O) groups is 1. The van der Waals surface area contributed by atoms with Crippen LogP contribution in [0, 0.1) is 0 Å². The number of carboxylic acids is 1. The molecule has 1 heterocycles. The Kier molecular flexibility index (Phi) is 2.75. The van der Waals surface area contributed by atoms with Gasteiger partial charge in [0.1, 0.15) is 0 Å². The van der Waals surface area contributed by atoms with E-state index in [-0.39, 0.29) is 0 Å². The highest BCUT2D eigenvalue weighted by molar-refractivity contribution is 7.18. The number of nitrogens with zero attached hydrogens (tertiary/aromatic N) is 1. The molecule has 3 nitrogen and oxygen atoms in total. The largest absolute Gasteiger partial charge is 0.478 e. The monoisotopic (exact) mass is 271 g/mol. The molecule has 0 aliphatic heterocycles. The van der Waals surface area contributed by atoms with Crippen LogP contribution in [0.2, 0.25) is 0 Å². The van der Waals surface area contributed by atoms with E-state index < -0.39 is 5.97 Å². The zero-order valence-corrected chi connectivity index (χ0v) is 11.5. The van der Waals surface area contributed by atoms with Gasteiger partial charge in [-0.15, -0.1) is 11.3 Å². The second kappa shape index (κ2) is 4.31. The summed E-state index contributed by atoms with van der Waals surface area (Å²) in [6.45, 7) is 4.19. The number of thiazole rings is 1. The van der Waals surface area contributed by atoms with E-state index in [1.165, 1.54) is 0 Å². The van der Waals surface area contributed by atoms with E-state index in [4.69, 9.17) is 0 Å². The van der Waals surface area contributed by atoms with Gasteiger partial charge in [-0.1, -0.05) is 38.1 Å². The normalized spacial score (nSPS) is 11.5. The number of aromatic nitrogens is 1. The molecule has 0 saturated carbocycles. The Hall–Kier alpha value is -1.94. The van der Waals surface area contributed by atoms with Gasteiger partial charge in [-0.2, -0.15) is 0 Å². The van der Waals surface area contributed by atoms with Crippen molar-refractivity contribution in [2.75, 3.05) is 0 Å². The predicted molar refractivity (Wildman–Crippen MR) is 78.2 cm³/mol. The molecule has 3 aromatic rings. The molecule has 1 aromatic heterocycles. The number of carboxylic acid groups (broad SMARTS) is 1. The number of hydrogen-bond acceptors (Lipinski definition) is 3. The zero-order chi connectivity index (χ0) is 13.6. The maximum Gasteiger partial charge on any atom is 0.336 e. The van der Waals surface area contributed by atoms with Gasteiger partial charge in [-0.05, 0) is 11.5 Å². The van der Waals surface area contributed by atoms with Crippen LogP contribution in [-0.4, -0.2) is 16.1 Å². The van der Waals surface area contributed by atoms with E-state index in [9.17, 15) is 9.90 Å². The third-order valence-electron chi connectivity index (χ3n) is 3.14. The van der Waals surface area contributed by atoms with Crippen LogP contribution in [0.25, 0.3) is 21.0 Å². The molecule has 0 unspecified atom stereocenters. The summed E-state index contributed by atoms with van der Waals surface area (Å²) in [6.07, 6.45) is 0. The topological polar surface area (TPSA) is 50.2 Å². The highest BCUT2D eigenvalue weighted by atomic mass is 32.1. The van der Waals surface area contributed by atoms with E-state index in [1.54, 1.807) is 17.4 Å². The van der Waals surface area contributed by atoms with Crippen molar-refractivity contribution in [2.45, 2.75) is 19.8 Å². The van der Waals surface area contributed by atoms with Crippen LogP contribution in [0.1, 0.15) is 35.1 Å². The van der Waals surface area contributed by atoms with Gasteiger partial charge >= 0.3 is 5.97 Å². The van der Waals surface area contributed by atoms with E-state index >= 15 is 0 Å². The van der Waals surface area contributed by atoms with Crippen LogP contribution in [-0.2, 0) is 0 Å². The van der Waals surface area contributed by atoms with Crippen molar-refractivity contribution in [3.63, 3.8) is 0 Å². The summed E-state index contributed by atoms with van der Waals surface area (Å²) >= 11 is 1.58. The van der Waals surface area contributed by atoms with Gasteiger partial charge in [0, 0.05) is 11.3 Å². The Bertz CT molecular complexity index is 789. The number of fused-ring (bicyclic) bond motifs is 3. The third kappa shape index (κ3) is 1.88. The van der Waals surface area contributed by atoms with Crippen LogP contribution in [0.15, 0.2) is 30.3 Å². The van der Waals surface area contributed by atoms with Crippen molar-refractivity contribution >= 4 is 38.3 Å². The van der Waals surface area contributed by atoms with E-state index in [2.05, 4.69) is 18.8 Å². The molecule has 0 aliphatic rings. The molecule has 4 heteroatoms. The molecule has 3 rings (SSSR count). The smallest absolute Gasteiger partial charge is 0.336 e. The van der Waals surface area contributed by atoms with Crippen molar-refractivity contribution < 1.29 is 9.90 Å². The first-order chi connectivity index (χ1) is 9.08. The minimum absolute atomic E-state index is 0.349.